The maximum atomic E-state index is 11.1. The molecular weight excluding hydrogens is 280 g/mol. The van der Waals surface area contributed by atoms with Crippen LogP contribution in [0.5, 0.6) is 0 Å². The summed E-state index contributed by atoms with van der Waals surface area (Å²) in [6.45, 7) is 9.54. The van der Waals surface area contributed by atoms with Gasteiger partial charge >= 0.3 is 11.9 Å². The van der Waals surface area contributed by atoms with E-state index in [-0.39, 0.29) is 11.9 Å². The highest BCUT2D eigenvalue weighted by Gasteiger charge is 2.01. The van der Waals surface area contributed by atoms with E-state index in [0.29, 0.717) is 18.8 Å². The fourth-order valence-electron chi connectivity index (χ4n) is 1.96. The molecule has 0 saturated carbocycles. The summed E-state index contributed by atoms with van der Waals surface area (Å²) in [5.74, 6) is -0.632. The van der Waals surface area contributed by atoms with Crippen molar-refractivity contribution in [3.05, 3.63) is 24.8 Å². The Morgan fingerprint density at radius 1 is 0.818 bits per heavy atom. The van der Waals surface area contributed by atoms with Gasteiger partial charge < -0.3 is 9.47 Å². The van der Waals surface area contributed by atoms with Gasteiger partial charge in [0.25, 0.3) is 0 Å². The van der Waals surface area contributed by atoms with Crippen LogP contribution in [0, 0.1) is 0 Å². The standard InChI is InChI=1S/C18H30O4/c1-4-17(19)21-14-12-10-8-6-5-7-9-11-13-15-22-18(20)16(2)3/h4H,1-2,5-15H2,3H3. The molecule has 0 aliphatic carbocycles. The molecule has 0 heterocycles. The monoisotopic (exact) mass is 310 g/mol. The van der Waals surface area contributed by atoms with E-state index in [4.69, 9.17) is 9.47 Å². The van der Waals surface area contributed by atoms with E-state index in [1.165, 1.54) is 38.2 Å². The molecule has 0 saturated heterocycles. The molecule has 0 rings (SSSR count). The lowest BCUT2D eigenvalue weighted by atomic mass is 10.1. The molecule has 0 aliphatic rings. The Balaban J connectivity index is 3.14. The van der Waals surface area contributed by atoms with Gasteiger partial charge in [0.05, 0.1) is 13.2 Å². The van der Waals surface area contributed by atoms with Gasteiger partial charge in [-0.1, -0.05) is 58.1 Å². The van der Waals surface area contributed by atoms with Crippen molar-refractivity contribution in [3.8, 4) is 0 Å². The van der Waals surface area contributed by atoms with Crippen LogP contribution in [-0.4, -0.2) is 25.2 Å². The number of hydrogen-bond acceptors (Lipinski definition) is 4. The van der Waals surface area contributed by atoms with Crippen LogP contribution in [0.4, 0.5) is 0 Å². The minimum atomic E-state index is -0.339. The molecule has 4 heteroatoms. The summed E-state index contributed by atoms with van der Waals surface area (Å²) in [5, 5.41) is 0. The molecule has 0 fully saturated rings. The van der Waals surface area contributed by atoms with Crippen LogP contribution in [0.25, 0.3) is 0 Å². The molecule has 0 aromatic carbocycles. The third-order valence-electron chi connectivity index (χ3n) is 3.28. The molecule has 0 aromatic rings. The zero-order valence-electron chi connectivity index (χ0n) is 13.9. The molecule has 0 bridgehead atoms. The van der Waals surface area contributed by atoms with Crippen molar-refractivity contribution in [3.63, 3.8) is 0 Å². The van der Waals surface area contributed by atoms with Gasteiger partial charge in [0, 0.05) is 11.6 Å². The fourth-order valence-corrected chi connectivity index (χ4v) is 1.96. The lowest BCUT2D eigenvalue weighted by Crippen LogP contribution is -2.05. The molecule has 0 unspecified atom stereocenters. The van der Waals surface area contributed by atoms with Crippen LogP contribution in [-0.2, 0) is 19.1 Å². The van der Waals surface area contributed by atoms with Gasteiger partial charge in [0.15, 0.2) is 0 Å². The zero-order valence-corrected chi connectivity index (χ0v) is 13.9. The maximum Gasteiger partial charge on any atom is 0.333 e. The molecule has 4 nitrogen and oxygen atoms in total. The Morgan fingerprint density at radius 3 is 1.64 bits per heavy atom. The van der Waals surface area contributed by atoms with Crippen LogP contribution in [0.15, 0.2) is 24.8 Å². The first kappa shape index (κ1) is 20.4. The van der Waals surface area contributed by atoms with Gasteiger partial charge in [-0.2, -0.15) is 0 Å². The van der Waals surface area contributed by atoms with Crippen molar-refractivity contribution in [2.45, 2.75) is 64.7 Å². The predicted octanol–water partition coefficient (Wildman–Crippen LogP) is 4.35. The lowest BCUT2D eigenvalue weighted by Gasteiger charge is -2.05. The third-order valence-corrected chi connectivity index (χ3v) is 3.28. The number of rotatable bonds is 14. The number of unbranched alkanes of at least 4 members (excludes halogenated alkanes) is 8. The van der Waals surface area contributed by atoms with Crippen LogP contribution in [0.3, 0.4) is 0 Å². The molecule has 0 aromatic heterocycles. The summed E-state index contributed by atoms with van der Waals surface area (Å²) in [6.07, 6.45) is 11.3. The number of hydrogen-bond donors (Lipinski definition) is 0. The van der Waals surface area contributed by atoms with Gasteiger partial charge in [-0.3, -0.25) is 0 Å². The topological polar surface area (TPSA) is 52.6 Å². The average molecular weight is 310 g/mol. The van der Waals surface area contributed by atoms with Crippen LogP contribution < -0.4 is 0 Å². The van der Waals surface area contributed by atoms with E-state index in [1.54, 1.807) is 6.92 Å². The number of carbonyl (C=O) groups excluding carboxylic acids is 2. The smallest absolute Gasteiger partial charge is 0.333 e. The fraction of sp³-hybridized carbons (Fsp3) is 0.667. The van der Waals surface area contributed by atoms with Crippen LogP contribution in [0.1, 0.15) is 64.7 Å². The summed E-state index contributed by atoms with van der Waals surface area (Å²) in [6, 6.07) is 0. The molecule has 0 atom stereocenters. The van der Waals surface area contributed by atoms with E-state index in [2.05, 4.69) is 13.2 Å². The molecule has 0 aliphatic heterocycles. The van der Waals surface area contributed by atoms with Gasteiger partial charge in [0.2, 0.25) is 0 Å². The van der Waals surface area contributed by atoms with Crippen molar-refractivity contribution < 1.29 is 19.1 Å². The largest absolute Gasteiger partial charge is 0.463 e. The average Bonchev–Trinajstić information content (AvgIpc) is 2.51. The molecule has 0 amide bonds. The highest BCUT2D eigenvalue weighted by molar-refractivity contribution is 5.86. The highest BCUT2D eigenvalue weighted by atomic mass is 16.5. The molecular formula is C18H30O4. The quantitative estimate of drug-likeness (QED) is 0.272. The number of ether oxygens (including phenoxy) is 2. The minimum Gasteiger partial charge on any atom is -0.463 e. The summed E-state index contributed by atoms with van der Waals surface area (Å²) < 4.78 is 9.94. The Labute approximate surface area is 134 Å². The predicted molar refractivity (Wildman–Crippen MR) is 88.5 cm³/mol. The van der Waals surface area contributed by atoms with Crippen LogP contribution >= 0.6 is 0 Å². The van der Waals surface area contributed by atoms with E-state index < -0.39 is 0 Å². The number of esters is 2. The first-order valence-corrected chi connectivity index (χ1v) is 8.19. The van der Waals surface area contributed by atoms with Crippen molar-refractivity contribution in [2.24, 2.45) is 0 Å². The Bertz CT molecular complexity index is 347. The highest BCUT2D eigenvalue weighted by Crippen LogP contribution is 2.10. The second kappa shape index (κ2) is 14.4. The molecule has 0 spiro atoms. The van der Waals surface area contributed by atoms with Crippen molar-refractivity contribution in [1.82, 2.24) is 0 Å². The molecule has 0 radical (unpaired) electrons. The third kappa shape index (κ3) is 13.4. The summed E-state index contributed by atoms with van der Waals surface area (Å²) >= 11 is 0. The van der Waals surface area contributed by atoms with Crippen LogP contribution in [0.2, 0.25) is 0 Å². The van der Waals surface area contributed by atoms with Crippen molar-refractivity contribution in [2.75, 3.05) is 13.2 Å². The summed E-state index contributed by atoms with van der Waals surface area (Å²) in [4.78, 5) is 21.9. The van der Waals surface area contributed by atoms with Gasteiger partial charge in [-0.05, 0) is 19.8 Å². The van der Waals surface area contributed by atoms with Crippen molar-refractivity contribution >= 4 is 11.9 Å². The maximum absolute atomic E-state index is 11.1. The van der Waals surface area contributed by atoms with Gasteiger partial charge in [-0.15, -0.1) is 0 Å². The minimum absolute atomic E-state index is 0.293. The Morgan fingerprint density at radius 2 is 1.23 bits per heavy atom. The Hall–Kier alpha value is -1.58. The second-order valence-electron chi connectivity index (χ2n) is 5.47. The van der Waals surface area contributed by atoms with E-state index >= 15 is 0 Å². The second-order valence-corrected chi connectivity index (χ2v) is 5.47. The van der Waals surface area contributed by atoms with Crippen molar-refractivity contribution in [1.29, 1.82) is 0 Å². The van der Waals surface area contributed by atoms with E-state index in [9.17, 15) is 9.59 Å². The lowest BCUT2D eigenvalue weighted by molar-refractivity contribution is -0.139. The normalized spacial score (nSPS) is 10.0. The number of carbonyl (C=O) groups is 2. The molecule has 22 heavy (non-hydrogen) atoms. The Kier molecular flexibility index (Phi) is 13.3. The first-order chi connectivity index (χ1) is 10.6. The van der Waals surface area contributed by atoms with Gasteiger partial charge in [0.1, 0.15) is 0 Å². The van der Waals surface area contributed by atoms with Gasteiger partial charge in [-0.25, -0.2) is 9.59 Å². The summed E-state index contributed by atoms with van der Waals surface area (Å²) in [7, 11) is 0. The zero-order chi connectivity index (χ0) is 16.6. The van der Waals surface area contributed by atoms with E-state index in [0.717, 1.165) is 25.7 Å². The first-order valence-electron chi connectivity index (χ1n) is 8.19. The molecule has 0 N–H and O–H groups in total. The SMILES string of the molecule is C=CC(=O)OCCCCCCCCCCCOC(=O)C(=C)C. The van der Waals surface area contributed by atoms with E-state index in [1.807, 2.05) is 0 Å². The summed E-state index contributed by atoms with van der Waals surface area (Å²) in [5.41, 5.74) is 0.458. The molecule has 126 valence electrons.